The predicted octanol–water partition coefficient (Wildman–Crippen LogP) is 2.31. The molecule has 0 spiro atoms. The maximum atomic E-state index is 12.4. The van der Waals surface area contributed by atoms with Gasteiger partial charge in [0, 0.05) is 10.9 Å². The third-order valence-electron chi connectivity index (χ3n) is 2.92. The standard InChI is InChI=1S/C12H14F2N2O3S2/c13-11(14)20-10-4-2-1-3-9(10)16-12(17)15-8-5-6-21(18,19)7-8/h1-4,8,11H,5-7H2,(H2,15,16,17)/t8-/m1/s1. The van der Waals surface area contributed by atoms with Crippen molar-refractivity contribution in [3.8, 4) is 0 Å². The molecule has 1 aromatic carbocycles. The summed E-state index contributed by atoms with van der Waals surface area (Å²) in [6.45, 7) is 0. The largest absolute Gasteiger partial charge is 0.334 e. The van der Waals surface area contributed by atoms with Gasteiger partial charge in [-0.05, 0) is 18.6 Å². The van der Waals surface area contributed by atoms with Crippen LogP contribution in [0.15, 0.2) is 29.2 Å². The molecule has 0 unspecified atom stereocenters. The van der Waals surface area contributed by atoms with E-state index in [0.717, 1.165) is 0 Å². The van der Waals surface area contributed by atoms with Crippen LogP contribution in [0.3, 0.4) is 0 Å². The molecule has 2 N–H and O–H groups in total. The third-order valence-corrected chi connectivity index (χ3v) is 5.48. The fourth-order valence-corrected chi connectivity index (χ4v) is 4.29. The Hall–Kier alpha value is -1.35. The first-order chi connectivity index (χ1) is 9.85. The molecular formula is C12H14F2N2O3S2. The van der Waals surface area contributed by atoms with Gasteiger partial charge in [-0.3, -0.25) is 0 Å². The van der Waals surface area contributed by atoms with E-state index in [1.807, 2.05) is 0 Å². The molecule has 0 aliphatic carbocycles. The first-order valence-corrected chi connectivity index (χ1v) is 8.87. The number of carbonyl (C=O) groups is 1. The van der Waals surface area contributed by atoms with Gasteiger partial charge in [0.15, 0.2) is 9.84 Å². The van der Waals surface area contributed by atoms with E-state index in [-0.39, 0.29) is 22.1 Å². The lowest BCUT2D eigenvalue weighted by atomic mass is 10.3. The Morgan fingerprint density at radius 1 is 1.33 bits per heavy atom. The van der Waals surface area contributed by atoms with E-state index < -0.39 is 27.7 Å². The molecule has 0 radical (unpaired) electrons. The monoisotopic (exact) mass is 336 g/mol. The number of alkyl halides is 2. The number of anilines is 1. The average Bonchev–Trinajstić information content (AvgIpc) is 2.70. The zero-order valence-electron chi connectivity index (χ0n) is 10.9. The highest BCUT2D eigenvalue weighted by Gasteiger charge is 2.29. The van der Waals surface area contributed by atoms with Crippen molar-refractivity contribution in [1.29, 1.82) is 0 Å². The Morgan fingerprint density at radius 3 is 2.67 bits per heavy atom. The number of urea groups is 1. The highest BCUT2D eigenvalue weighted by molar-refractivity contribution is 7.99. The smallest absolute Gasteiger partial charge is 0.319 e. The maximum absolute atomic E-state index is 12.4. The number of rotatable bonds is 4. The van der Waals surface area contributed by atoms with Crippen LogP contribution in [0.25, 0.3) is 0 Å². The molecule has 1 aromatic rings. The molecule has 1 aliphatic rings. The van der Waals surface area contributed by atoms with Gasteiger partial charge < -0.3 is 10.6 Å². The molecule has 2 rings (SSSR count). The maximum Gasteiger partial charge on any atom is 0.319 e. The number of nitrogens with one attached hydrogen (secondary N) is 2. The molecule has 116 valence electrons. The van der Waals surface area contributed by atoms with Crippen molar-refractivity contribution in [2.24, 2.45) is 0 Å². The second-order valence-corrected chi connectivity index (χ2v) is 7.83. The van der Waals surface area contributed by atoms with Crippen LogP contribution in [0.2, 0.25) is 0 Å². The van der Waals surface area contributed by atoms with E-state index in [0.29, 0.717) is 18.2 Å². The van der Waals surface area contributed by atoms with Crippen molar-refractivity contribution in [2.45, 2.75) is 23.1 Å². The summed E-state index contributed by atoms with van der Waals surface area (Å²) in [4.78, 5) is 12.1. The van der Waals surface area contributed by atoms with Gasteiger partial charge in [0.2, 0.25) is 0 Å². The Labute approximate surface area is 125 Å². The highest BCUT2D eigenvalue weighted by atomic mass is 32.2. The SMILES string of the molecule is O=C(Nc1ccccc1SC(F)F)N[C@@H]1CCS(=O)(=O)C1. The molecule has 1 heterocycles. The van der Waals surface area contributed by atoms with Gasteiger partial charge in [-0.2, -0.15) is 8.78 Å². The van der Waals surface area contributed by atoms with E-state index in [2.05, 4.69) is 10.6 Å². The summed E-state index contributed by atoms with van der Waals surface area (Å²) in [6, 6.07) is 5.16. The van der Waals surface area contributed by atoms with Crippen LogP contribution < -0.4 is 10.6 Å². The molecule has 9 heteroatoms. The summed E-state index contributed by atoms with van der Waals surface area (Å²) in [5, 5.41) is 5.01. The molecule has 0 bridgehead atoms. The van der Waals surface area contributed by atoms with Crippen molar-refractivity contribution in [2.75, 3.05) is 16.8 Å². The summed E-state index contributed by atoms with van der Waals surface area (Å²) in [5.41, 5.74) is 0.265. The second-order valence-electron chi connectivity index (χ2n) is 4.57. The minimum atomic E-state index is -3.08. The number of benzene rings is 1. The van der Waals surface area contributed by atoms with Gasteiger partial charge in [0.1, 0.15) is 0 Å². The normalized spacial score (nSPS) is 20.4. The van der Waals surface area contributed by atoms with E-state index in [1.165, 1.54) is 12.1 Å². The molecule has 0 saturated carbocycles. The Balaban J connectivity index is 1.97. The van der Waals surface area contributed by atoms with Crippen molar-refractivity contribution in [3.63, 3.8) is 0 Å². The third kappa shape index (κ3) is 4.85. The number of thioether (sulfide) groups is 1. The van der Waals surface area contributed by atoms with Gasteiger partial charge in [-0.15, -0.1) is 0 Å². The topological polar surface area (TPSA) is 75.3 Å². The highest BCUT2D eigenvalue weighted by Crippen LogP contribution is 2.31. The zero-order valence-corrected chi connectivity index (χ0v) is 12.5. The lowest BCUT2D eigenvalue weighted by Crippen LogP contribution is -2.38. The molecule has 5 nitrogen and oxygen atoms in total. The number of halogens is 2. The van der Waals surface area contributed by atoms with E-state index >= 15 is 0 Å². The van der Waals surface area contributed by atoms with E-state index in [9.17, 15) is 22.0 Å². The Bertz CT molecular complexity index is 623. The first kappa shape index (κ1) is 16.0. The van der Waals surface area contributed by atoms with Crippen LogP contribution >= 0.6 is 11.8 Å². The van der Waals surface area contributed by atoms with Crippen LogP contribution in [0.1, 0.15) is 6.42 Å². The second kappa shape index (κ2) is 6.61. The molecule has 2 amide bonds. The summed E-state index contributed by atoms with van der Waals surface area (Å²) in [7, 11) is -3.08. The number of hydrogen-bond donors (Lipinski definition) is 2. The minimum absolute atomic E-state index is 0.0514. The number of carbonyl (C=O) groups excluding carboxylic acids is 1. The van der Waals surface area contributed by atoms with Crippen molar-refractivity contribution >= 4 is 33.3 Å². The number of hydrogen-bond acceptors (Lipinski definition) is 4. The molecule has 1 atom stereocenters. The van der Waals surface area contributed by atoms with E-state index in [4.69, 9.17) is 0 Å². The van der Waals surface area contributed by atoms with Gasteiger partial charge in [-0.25, -0.2) is 13.2 Å². The van der Waals surface area contributed by atoms with Crippen molar-refractivity contribution < 1.29 is 22.0 Å². The number of sulfone groups is 1. The fraction of sp³-hybridized carbons (Fsp3) is 0.417. The lowest BCUT2D eigenvalue weighted by Gasteiger charge is -2.14. The average molecular weight is 336 g/mol. The van der Waals surface area contributed by atoms with E-state index in [1.54, 1.807) is 12.1 Å². The fourth-order valence-electron chi connectivity index (χ4n) is 2.02. The summed E-state index contributed by atoms with van der Waals surface area (Å²) >= 11 is 0.338. The minimum Gasteiger partial charge on any atom is -0.334 e. The summed E-state index contributed by atoms with van der Waals surface area (Å²) < 4.78 is 47.4. The summed E-state index contributed by atoms with van der Waals surface area (Å²) in [5.74, 6) is -2.63. The first-order valence-electron chi connectivity index (χ1n) is 6.17. The predicted molar refractivity (Wildman–Crippen MR) is 77.5 cm³/mol. The van der Waals surface area contributed by atoms with Crippen molar-refractivity contribution in [3.05, 3.63) is 24.3 Å². The Kier molecular flexibility index (Phi) is 5.04. The van der Waals surface area contributed by atoms with Crippen LogP contribution in [0.4, 0.5) is 19.3 Å². The zero-order chi connectivity index (χ0) is 15.5. The lowest BCUT2D eigenvalue weighted by molar-refractivity contribution is 0.249. The number of amides is 2. The van der Waals surface area contributed by atoms with Crippen LogP contribution in [0, 0.1) is 0 Å². The van der Waals surface area contributed by atoms with Crippen molar-refractivity contribution in [1.82, 2.24) is 5.32 Å². The molecule has 1 fully saturated rings. The van der Waals surface area contributed by atoms with Gasteiger partial charge in [0.05, 0.1) is 17.2 Å². The molecule has 0 aromatic heterocycles. The molecular weight excluding hydrogens is 322 g/mol. The van der Waals surface area contributed by atoms with Crippen LogP contribution in [-0.2, 0) is 9.84 Å². The van der Waals surface area contributed by atoms with Crippen LogP contribution in [0.5, 0.6) is 0 Å². The quantitative estimate of drug-likeness (QED) is 0.828. The number of para-hydroxylation sites is 1. The van der Waals surface area contributed by atoms with Gasteiger partial charge >= 0.3 is 6.03 Å². The summed E-state index contributed by atoms with van der Waals surface area (Å²) in [6.07, 6.45) is 0.364. The molecule has 21 heavy (non-hydrogen) atoms. The van der Waals surface area contributed by atoms with Gasteiger partial charge in [-0.1, -0.05) is 23.9 Å². The Morgan fingerprint density at radius 2 is 2.05 bits per heavy atom. The van der Waals surface area contributed by atoms with Crippen LogP contribution in [-0.4, -0.2) is 37.8 Å². The molecule has 1 aliphatic heterocycles. The molecule has 1 saturated heterocycles. The van der Waals surface area contributed by atoms with Gasteiger partial charge in [0.25, 0.3) is 5.76 Å².